The van der Waals surface area contributed by atoms with Crippen LogP contribution in [-0.4, -0.2) is 16.6 Å². The van der Waals surface area contributed by atoms with Crippen LogP contribution in [0.5, 0.6) is 11.5 Å². The van der Waals surface area contributed by atoms with E-state index in [1.165, 1.54) is 6.08 Å². The molecule has 2 rings (SSSR count). The van der Waals surface area contributed by atoms with Gasteiger partial charge in [-0.1, -0.05) is 6.07 Å². The van der Waals surface area contributed by atoms with Gasteiger partial charge in [0.15, 0.2) is 11.5 Å². The van der Waals surface area contributed by atoms with E-state index in [1.807, 2.05) is 0 Å². The van der Waals surface area contributed by atoms with Gasteiger partial charge >= 0.3 is 7.60 Å². The molecule has 0 spiro atoms. The van der Waals surface area contributed by atoms with Crippen molar-refractivity contribution in [2.24, 2.45) is 0 Å². The van der Waals surface area contributed by atoms with E-state index >= 15 is 0 Å². The molecule has 0 saturated heterocycles. The van der Waals surface area contributed by atoms with E-state index in [0.29, 0.717) is 17.1 Å². The summed E-state index contributed by atoms with van der Waals surface area (Å²) in [5.41, 5.74) is 0.655. The maximum Gasteiger partial charge on any atom is 0.349 e. The molecule has 1 aromatic carbocycles. The van der Waals surface area contributed by atoms with Gasteiger partial charge in [-0.25, -0.2) is 0 Å². The second-order valence-corrected chi connectivity index (χ2v) is 4.49. The monoisotopic (exact) mass is 228 g/mol. The molecule has 1 aromatic rings. The normalized spacial score (nSPS) is 14.8. The number of hydrogen-bond donors (Lipinski definition) is 2. The average molecular weight is 228 g/mol. The zero-order chi connectivity index (χ0) is 10.9. The van der Waals surface area contributed by atoms with E-state index in [2.05, 4.69) is 0 Å². The van der Waals surface area contributed by atoms with Crippen LogP contribution >= 0.6 is 7.60 Å². The predicted octanol–water partition coefficient (Wildman–Crippen LogP) is 1.56. The van der Waals surface area contributed by atoms with Crippen LogP contribution in [0.3, 0.4) is 0 Å². The van der Waals surface area contributed by atoms with Crippen molar-refractivity contribution in [2.45, 2.75) is 0 Å². The van der Waals surface area contributed by atoms with Crippen molar-refractivity contribution in [1.29, 1.82) is 0 Å². The van der Waals surface area contributed by atoms with Gasteiger partial charge in [-0.3, -0.25) is 4.57 Å². The number of ether oxygens (including phenoxy) is 2. The molecule has 0 amide bonds. The molecule has 0 bridgehead atoms. The summed E-state index contributed by atoms with van der Waals surface area (Å²) in [6.07, 6.45) is 1.35. The van der Waals surface area contributed by atoms with Crippen molar-refractivity contribution in [3.05, 3.63) is 29.6 Å². The second-order valence-electron chi connectivity index (χ2n) is 3.02. The van der Waals surface area contributed by atoms with E-state index in [9.17, 15) is 4.57 Å². The Morgan fingerprint density at radius 3 is 2.73 bits per heavy atom. The molecular weight excluding hydrogens is 219 g/mol. The summed E-state index contributed by atoms with van der Waals surface area (Å²) in [4.78, 5) is 17.3. The maximum absolute atomic E-state index is 10.6. The minimum absolute atomic E-state index is 0.182. The molecule has 2 N–H and O–H groups in total. The van der Waals surface area contributed by atoms with Crippen LogP contribution in [0.1, 0.15) is 5.56 Å². The van der Waals surface area contributed by atoms with Gasteiger partial charge < -0.3 is 19.3 Å². The highest BCUT2D eigenvalue weighted by Crippen LogP contribution is 2.38. The molecule has 1 heterocycles. The lowest BCUT2D eigenvalue weighted by Crippen LogP contribution is -1.92. The van der Waals surface area contributed by atoms with Gasteiger partial charge in [0.05, 0.1) is 0 Å². The minimum Gasteiger partial charge on any atom is -0.454 e. The van der Waals surface area contributed by atoms with Crippen LogP contribution in [0.2, 0.25) is 0 Å². The molecule has 0 fully saturated rings. The van der Waals surface area contributed by atoms with Crippen LogP contribution in [-0.2, 0) is 4.57 Å². The molecule has 0 radical (unpaired) electrons. The van der Waals surface area contributed by atoms with E-state index < -0.39 is 7.60 Å². The van der Waals surface area contributed by atoms with Crippen LogP contribution in [0, 0.1) is 0 Å². The molecular formula is C9H9O5P. The number of benzene rings is 1. The highest BCUT2D eigenvalue weighted by Gasteiger charge is 2.12. The highest BCUT2D eigenvalue weighted by molar-refractivity contribution is 7.55. The molecule has 80 valence electrons. The smallest absolute Gasteiger partial charge is 0.349 e. The molecule has 0 unspecified atom stereocenters. The van der Waals surface area contributed by atoms with Crippen molar-refractivity contribution >= 4 is 13.7 Å². The van der Waals surface area contributed by atoms with Crippen molar-refractivity contribution in [3.63, 3.8) is 0 Å². The lowest BCUT2D eigenvalue weighted by Gasteiger charge is -1.98. The van der Waals surface area contributed by atoms with Crippen molar-refractivity contribution in [3.8, 4) is 11.5 Å². The first-order valence-electron chi connectivity index (χ1n) is 4.19. The van der Waals surface area contributed by atoms with Crippen LogP contribution < -0.4 is 9.47 Å². The molecule has 0 saturated carbocycles. The summed E-state index contributed by atoms with van der Waals surface area (Å²) >= 11 is 0. The van der Waals surface area contributed by atoms with Crippen LogP contribution in [0.4, 0.5) is 0 Å². The molecule has 0 aromatic heterocycles. The van der Waals surface area contributed by atoms with E-state index in [0.717, 1.165) is 5.82 Å². The Kier molecular flexibility index (Phi) is 2.52. The number of hydrogen-bond acceptors (Lipinski definition) is 3. The first-order valence-corrected chi connectivity index (χ1v) is 5.87. The first kappa shape index (κ1) is 10.2. The Bertz CT molecular complexity index is 448. The average Bonchev–Trinajstić information content (AvgIpc) is 2.60. The molecule has 0 atom stereocenters. The van der Waals surface area contributed by atoms with Crippen LogP contribution in [0.25, 0.3) is 6.08 Å². The quantitative estimate of drug-likeness (QED) is 0.751. The van der Waals surface area contributed by atoms with Gasteiger partial charge in [-0.2, -0.15) is 0 Å². The van der Waals surface area contributed by atoms with E-state index in [4.69, 9.17) is 19.3 Å². The fourth-order valence-corrected chi connectivity index (χ4v) is 1.57. The molecule has 6 heteroatoms. The van der Waals surface area contributed by atoms with Gasteiger partial charge in [-0.05, 0) is 23.8 Å². The topological polar surface area (TPSA) is 76.0 Å². The largest absolute Gasteiger partial charge is 0.454 e. The lowest BCUT2D eigenvalue weighted by atomic mass is 10.2. The van der Waals surface area contributed by atoms with Gasteiger partial charge in [0, 0.05) is 5.82 Å². The summed E-state index contributed by atoms with van der Waals surface area (Å²) < 4.78 is 20.8. The van der Waals surface area contributed by atoms with Crippen LogP contribution in [0.15, 0.2) is 24.0 Å². The summed E-state index contributed by atoms with van der Waals surface area (Å²) in [6, 6.07) is 5.05. The number of fused-ring (bicyclic) bond motifs is 1. The molecule has 0 aliphatic carbocycles. The third-order valence-corrected chi connectivity index (χ3v) is 2.40. The lowest BCUT2D eigenvalue weighted by molar-refractivity contribution is 0.174. The third kappa shape index (κ3) is 2.59. The van der Waals surface area contributed by atoms with Gasteiger partial charge in [-0.15, -0.1) is 0 Å². The summed E-state index contributed by atoms with van der Waals surface area (Å²) in [5, 5.41) is 0. The standard InChI is InChI=1S/C9H9O5P/c10-15(11,12)4-3-7-1-2-8-9(5-7)14-6-13-8/h1-5H,6H2,(H2,10,11,12)/b4-3+. The Labute approximate surface area is 86.1 Å². The molecule has 1 aliphatic heterocycles. The molecule has 1 aliphatic rings. The second kappa shape index (κ2) is 3.70. The minimum atomic E-state index is -4.10. The van der Waals surface area contributed by atoms with E-state index in [1.54, 1.807) is 18.2 Å². The first-order chi connectivity index (χ1) is 7.04. The fourth-order valence-electron chi connectivity index (χ4n) is 1.20. The SMILES string of the molecule is O=P(O)(O)/C=C/c1ccc2c(c1)OCO2. The predicted molar refractivity (Wildman–Crippen MR) is 53.6 cm³/mol. The Hall–Kier alpha value is -1.29. The zero-order valence-corrected chi connectivity index (χ0v) is 8.55. The fraction of sp³-hybridized carbons (Fsp3) is 0.111. The maximum atomic E-state index is 10.6. The van der Waals surface area contributed by atoms with E-state index in [-0.39, 0.29) is 6.79 Å². The Morgan fingerprint density at radius 1 is 1.27 bits per heavy atom. The van der Waals surface area contributed by atoms with Crippen molar-refractivity contribution in [1.82, 2.24) is 0 Å². The van der Waals surface area contributed by atoms with Gasteiger partial charge in [0.2, 0.25) is 6.79 Å². The number of rotatable bonds is 2. The van der Waals surface area contributed by atoms with Gasteiger partial charge in [0.25, 0.3) is 0 Å². The van der Waals surface area contributed by atoms with Gasteiger partial charge in [0.1, 0.15) is 0 Å². The molecule has 5 nitrogen and oxygen atoms in total. The summed E-state index contributed by atoms with van der Waals surface area (Å²) in [6.45, 7) is 0.182. The Balaban J connectivity index is 2.24. The van der Waals surface area contributed by atoms with Crippen molar-refractivity contribution in [2.75, 3.05) is 6.79 Å². The van der Waals surface area contributed by atoms with Crippen molar-refractivity contribution < 1.29 is 23.8 Å². The zero-order valence-electron chi connectivity index (χ0n) is 7.66. The summed E-state index contributed by atoms with van der Waals surface area (Å²) in [5.74, 6) is 2.08. The molecule has 15 heavy (non-hydrogen) atoms. The third-order valence-electron chi connectivity index (χ3n) is 1.86. The Morgan fingerprint density at radius 2 is 2.00 bits per heavy atom. The summed E-state index contributed by atoms with van der Waals surface area (Å²) in [7, 11) is -4.10. The highest BCUT2D eigenvalue weighted by atomic mass is 31.2.